The van der Waals surface area contributed by atoms with Gasteiger partial charge in [-0.3, -0.25) is 9.59 Å². The molecule has 1 fully saturated rings. The summed E-state index contributed by atoms with van der Waals surface area (Å²) < 4.78 is 1.18. The number of carbonyl (C=O) groups excluding carboxylic acids is 1. The second-order valence-corrected chi connectivity index (χ2v) is 6.73. The average Bonchev–Trinajstić information content (AvgIpc) is 3.14. The molecule has 1 aliphatic rings. The van der Waals surface area contributed by atoms with Gasteiger partial charge in [-0.2, -0.15) is 5.10 Å². The van der Waals surface area contributed by atoms with Gasteiger partial charge in [-0.1, -0.05) is 0 Å². The van der Waals surface area contributed by atoms with Crippen molar-refractivity contribution in [3.05, 3.63) is 33.4 Å². The third-order valence-electron chi connectivity index (χ3n) is 3.74. The molecule has 1 saturated heterocycles. The molecule has 2 aromatic rings. The maximum Gasteiger partial charge on any atom is 0.290 e. The number of aryl methyl sites for hydroxylation is 1. The molecule has 7 heteroatoms. The molecule has 0 spiro atoms. The Morgan fingerprint density at radius 1 is 1.36 bits per heavy atom. The van der Waals surface area contributed by atoms with Crippen molar-refractivity contribution in [2.75, 3.05) is 18.8 Å². The highest BCUT2D eigenvalue weighted by molar-refractivity contribution is 7.15. The second-order valence-electron chi connectivity index (χ2n) is 5.45. The maximum absolute atomic E-state index is 12.2. The highest BCUT2D eigenvalue weighted by Gasteiger charge is 2.20. The normalized spacial score (nSPS) is 14.5. The molecule has 3 heterocycles. The number of nitrogen functional groups attached to an aromatic ring is 1. The van der Waals surface area contributed by atoms with E-state index in [1.54, 1.807) is 22.3 Å². The number of nitrogens with two attached hydrogens (primary N) is 1. The third kappa shape index (κ3) is 2.89. The Hall–Kier alpha value is -2.15. The quantitative estimate of drug-likeness (QED) is 0.929. The summed E-state index contributed by atoms with van der Waals surface area (Å²) in [7, 11) is 0. The van der Waals surface area contributed by atoms with Gasteiger partial charge in [-0.15, -0.1) is 11.3 Å². The summed E-state index contributed by atoms with van der Waals surface area (Å²) in [5.74, 6) is -0.0778. The Balaban J connectivity index is 1.91. The molecule has 6 nitrogen and oxygen atoms in total. The summed E-state index contributed by atoms with van der Waals surface area (Å²) in [6, 6.07) is 5.51. The van der Waals surface area contributed by atoms with E-state index in [9.17, 15) is 9.59 Å². The van der Waals surface area contributed by atoms with Crippen LogP contribution in [0.4, 0.5) is 5.69 Å². The predicted octanol–water partition coefficient (Wildman–Crippen LogP) is 1.48. The van der Waals surface area contributed by atoms with Crippen molar-refractivity contribution >= 4 is 22.9 Å². The first-order chi connectivity index (χ1) is 10.5. The lowest BCUT2D eigenvalue weighted by Gasteiger charge is -2.16. The van der Waals surface area contributed by atoms with Crippen LogP contribution in [-0.4, -0.2) is 33.7 Å². The topological polar surface area (TPSA) is 81.2 Å². The fourth-order valence-electron chi connectivity index (χ4n) is 2.56. The van der Waals surface area contributed by atoms with E-state index in [0.29, 0.717) is 5.69 Å². The molecule has 0 radical (unpaired) electrons. The van der Waals surface area contributed by atoms with Crippen LogP contribution >= 0.6 is 11.3 Å². The Morgan fingerprint density at radius 2 is 2.09 bits per heavy atom. The molecular formula is C15H18N4O2S. The summed E-state index contributed by atoms with van der Waals surface area (Å²) in [4.78, 5) is 28.2. The molecule has 0 bridgehead atoms. The number of nitrogens with zero attached hydrogens (tertiary/aromatic N) is 3. The minimum atomic E-state index is -0.412. The van der Waals surface area contributed by atoms with Crippen molar-refractivity contribution in [3.8, 4) is 10.6 Å². The number of aromatic nitrogens is 2. The number of thiophene rings is 1. The minimum absolute atomic E-state index is 0.0543. The van der Waals surface area contributed by atoms with Crippen LogP contribution in [0.3, 0.4) is 0 Å². The third-order valence-corrected chi connectivity index (χ3v) is 4.76. The molecule has 2 aromatic heterocycles. The van der Waals surface area contributed by atoms with Crippen molar-refractivity contribution < 1.29 is 4.79 Å². The van der Waals surface area contributed by atoms with Crippen LogP contribution in [0, 0.1) is 6.92 Å². The lowest BCUT2D eigenvalue weighted by Crippen LogP contribution is -2.36. The van der Waals surface area contributed by atoms with Gasteiger partial charge in [0.15, 0.2) is 0 Å². The van der Waals surface area contributed by atoms with Crippen LogP contribution in [0.1, 0.15) is 17.7 Å². The van der Waals surface area contributed by atoms with E-state index >= 15 is 0 Å². The molecule has 0 aliphatic carbocycles. The zero-order valence-electron chi connectivity index (χ0n) is 12.4. The Kier molecular flexibility index (Phi) is 3.98. The monoisotopic (exact) mass is 318 g/mol. The van der Waals surface area contributed by atoms with E-state index in [0.717, 1.165) is 35.7 Å². The molecule has 22 heavy (non-hydrogen) atoms. The van der Waals surface area contributed by atoms with Gasteiger partial charge in [-0.25, -0.2) is 4.68 Å². The molecular weight excluding hydrogens is 300 g/mol. The summed E-state index contributed by atoms with van der Waals surface area (Å²) in [6.07, 6.45) is 2.04. The van der Waals surface area contributed by atoms with Crippen molar-refractivity contribution in [3.63, 3.8) is 0 Å². The predicted molar refractivity (Wildman–Crippen MR) is 86.8 cm³/mol. The van der Waals surface area contributed by atoms with Crippen LogP contribution in [0.2, 0.25) is 0 Å². The fraction of sp³-hybridized carbons (Fsp3) is 0.400. The number of hydrogen-bond donors (Lipinski definition) is 1. The van der Waals surface area contributed by atoms with E-state index in [1.165, 1.54) is 4.68 Å². The van der Waals surface area contributed by atoms with Crippen LogP contribution in [-0.2, 0) is 11.3 Å². The number of likely N-dealkylation sites (tertiary alicyclic amines) is 1. The minimum Gasteiger partial charge on any atom is -0.394 e. The van der Waals surface area contributed by atoms with Crippen LogP contribution in [0.25, 0.3) is 10.6 Å². The molecule has 0 aromatic carbocycles. The van der Waals surface area contributed by atoms with Gasteiger partial charge in [0.2, 0.25) is 5.91 Å². The Labute approximate surface area is 132 Å². The van der Waals surface area contributed by atoms with Crippen molar-refractivity contribution in [2.24, 2.45) is 0 Å². The van der Waals surface area contributed by atoms with E-state index < -0.39 is 5.56 Å². The van der Waals surface area contributed by atoms with Gasteiger partial charge in [0.25, 0.3) is 5.56 Å². The second kappa shape index (κ2) is 5.92. The van der Waals surface area contributed by atoms with Gasteiger partial charge >= 0.3 is 0 Å². The van der Waals surface area contributed by atoms with Gasteiger partial charge in [-0.05, 0) is 38.0 Å². The summed E-state index contributed by atoms with van der Waals surface area (Å²) >= 11 is 1.58. The fourth-order valence-corrected chi connectivity index (χ4v) is 3.38. The Bertz CT molecular complexity index is 759. The van der Waals surface area contributed by atoms with E-state index in [4.69, 9.17) is 5.73 Å². The van der Waals surface area contributed by atoms with Crippen LogP contribution < -0.4 is 11.3 Å². The summed E-state index contributed by atoms with van der Waals surface area (Å²) in [6.45, 7) is 3.46. The zero-order chi connectivity index (χ0) is 15.7. The molecule has 0 unspecified atom stereocenters. The van der Waals surface area contributed by atoms with Gasteiger partial charge < -0.3 is 10.6 Å². The van der Waals surface area contributed by atoms with Gasteiger partial charge in [0.05, 0.1) is 4.88 Å². The SMILES string of the molecule is Cc1ccc(-c2cc(N)c(=O)n(CC(=O)N3CCCC3)n2)s1. The number of rotatable bonds is 3. The van der Waals surface area contributed by atoms with Crippen molar-refractivity contribution in [1.29, 1.82) is 0 Å². The lowest BCUT2D eigenvalue weighted by molar-refractivity contribution is -0.131. The first-order valence-electron chi connectivity index (χ1n) is 7.27. The standard InChI is InChI=1S/C15H18N4O2S/c1-10-4-5-13(22-10)12-8-11(16)15(21)19(17-12)9-14(20)18-6-2-3-7-18/h4-5,8H,2-3,6-7,9,16H2,1H3. The van der Waals surface area contributed by atoms with E-state index in [2.05, 4.69) is 5.10 Å². The van der Waals surface area contributed by atoms with Crippen LogP contribution in [0.15, 0.2) is 23.0 Å². The van der Waals surface area contributed by atoms with Crippen molar-refractivity contribution in [1.82, 2.24) is 14.7 Å². The maximum atomic E-state index is 12.2. The number of hydrogen-bond acceptors (Lipinski definition) is 5. The molecule has 2 N–H and O–H groups in total. The zero-order valence-corrected chi connectivity index (χ0v) is 13.2. The Morgan fingerprint density at radius 3 is 2.73 bits per heavy atom. The largest absolute Gasteiger partial charge is 0.394 e. The molecule has 1 amide bonds. The van der Waals surface area contributed by atoms with Gasteiger partial charge in [0.1, 0.15) is 17.9 Å². The smallest absolute Gasteiger partial charge is 0.290 e. The highest BCUT2D eigenvalue weighted by atomic mass is 32.1. The van der Waals surface area contributed by atoms with E-state index in [-0.39, 0.29) is 18.1 Å². The van der Waals surface area contributed by atoms with E-state index in [1.807, 2.05) is 19.1 Å². The lowest BCUT2D eigenvalue weighted by atomic mass is 10.3. The highest BCUT2D eigenvalue weighted by Crippen LogP contribution is 2.26. The molecule has 0 atom stereocenters. The number of anilines is 1. The van der Waals surface area contributed by atoms with Crippen LogP contribution in [0.5, 0.6) is 0 Å². The molecule has 0 saturated carbocycles. The number of carbonyl (C=O) groups is 1. The number of amides is 1. The molecule has 1 aliphatic heterocycles. The molecule has 116 valence electrons. The van der Waals surface area contributed by atoms with Crippen molar-refractivity contribution in [2.45, 2.75) is 26.3 Å². The summed E-state index contributed by atoms with van der Waals surface area (Å²) in [5.41, 5.74) is 6.13. The first kappa shape index (κ1) is 14.8. The molecule has 3 rings (SSSR count). The first-order valence-corrected chi connectivity index (χ1v) is 8.08. The average molecular weight is 318 g/mol. The summed E-state index contributed by atoms with van der Waals surface area (Å²) in [5, 5.41) is 4.32. The van der Waals surface area contributed by atoms with Gasteiger partial charge in [0, 0.05) is 18.0 Å².